The van der Waals surface area contributed by atoms with Gasteiger partial charge in [-0.2, -0.15) is 0 Å². The Morgan fingerprint density at radius 1 is 1.19 bits per heavy atom. The fourth-order valence-electron chi connectivity index (χ4n) is 2.53. The van der Waals surface area contributed by atoms with Gasteiger partial charge in [0.05, 0.1) is 19.4 Å². The predicted molar refractivity (Wildman–Crippen MR) is 104 cm³/mol. The summed E-state index contributed by atoms with van der Waals surface area (Å²) in [5.74, 6) is 1.51. The van der Waals surface area contributed by atoms with Gasteiger partial charge in [0.1, 0.15) is 5.82 Å². The first-order chi connectivity index (χ1) is 13.2. The summed E-state index contributed by atoms with van der Waals surface area (Å²) >= 11 is 1.37. The summed E-state index contributed by atoms with van der Waals surface area (Å²) in [5, 5.41) is 11.9. The lowest BCUT2D eigenvalue weighted by Crippen LogP contribution is -2.25. The van der Waals surface area contributed by atoms with Crippen molar-refractivity contribution in [1.29, 1.82) is 0 Å². The van der Waals surface area contributed by atoms with Crippen LogP contribution in [0.1, 0.15) is 17.0 Å². The second-order valence-corrected chi connectivity index (χ2v) is 6.78. The highest BCUT2D eigenvalue weighted by atomic mass is 32.2. The maximum absolute atomic E-state index is 12.2. The molecule has 2 heterocycles. The van der Waals surface area contributed by atoms with Gasteiger partial charge in [0.15, 0.2) is 5.16 Å². The molecule has 0 aliphatic carbocycles. The van der Waals surface area contributed by atoms with Crippen LogP contribution in [-0.2, 0) is 17.9 Å². The molecule has 2 aromatic heterocycles. The molecule has 0 saturated heterocycles. The van der Waals surface area contributed by atoms with Crippen LogP contribution in [0.5, 0.6) is 5.88 Å². The third-order valence-electron chi connectivity index (χ3n) is 3.94. The zero-order valence-electron chi connectivity index (χ0n) is 15.3. The third kappa shape index (κ3) is 5.07. The Morgan fingerprint density at radius 2 is 2.00 bits per heavy atom. The van der Waals surface area contributed by atoms with Crippen molar-refractivity contribution in [1.82, 2.24) is 25.1 Å². The minimum absolute atomic E-state index is 0.0854. The van der Waals surface area contributed by atoms with Gasteiger partial charge < -0.3 is 14.6 Å². The molecule has 0 radical (unpaired) electrons. The molecule has 0 spiro atoms. The van der Waals surface area contributed by atoms with Gasteiger partial charge in [-0.3, -0.25) is 4.79 Å². The summed E-state index contributed by atoms with van der Waals surface area (Å²) < 4.78 is 7.20. The fraction of sp³-hybridized carbons (Fsp3) is 0.263. The van der Waals surface area contributed by atoms with Gasteiger partial charge in [-0.15, -0.1) is 10.2 Å². The van der Waals surface area contributed by atoms with E-state index < -0.39 is 0 Å². The molecule has 0 bridgehead atoms. The van der Waals surface area contributed by atoms with Gasteiger partial charge in [0, 0.05) is 18.3 Å². The molecule has 3 aromatic rings. The van der Waals surface area contributed by atoms with Crippen LogP contribution in [0.4, 0.5) is 0 Å². The maximum atomic E-state index is 12.2. The number of rotatable bonds is 8. The molecule has 0 fully saturated rings. The molecular formula is C19H21N5O2S. The molecule has 0 aliphatic heterocycles. The molecule has 140 valence electrons. The van der Waals surface area contributed by atoms with E-state index in [4.69, 9.17) is 4.74 Å². The van der Waals surface area contributed by atoms with E-state index in [-0.39, 0.29) is 11.7 Å². The first-order valence-electron chi connectivity index (χ1n) is 8.48. The van der Waals surface area contributed by atoms with Crippen LogP contribution in [0.3, 0.4) is 0 Å². The number of aromatic nitrogens is 4. The molecule has 1 aromatic carbocycles. The fourth-order valence-corrected chi connectivity index (χ4v) is 3.35. The standard InChI is InChI=1S/C19H21N5O2S/c1-14-22-23-19(24(14)12-15-7-4-3-5-8-15)27-13-17(25)21-11-16-9-6-10-20-18(16)26-2/h3-10H,11-13H2,1-2H3,(H,21,25). The summed E-state index contributed by atoms with van der Waals surface area (Å²) in [5.41, 5.74) is 2.00. The molecule has 7 nitrogen and oxygen atoms in total. The van der Waals surface area contributed by atoms with E-state index in [1.165, 1.54) is 11.8 Å². The summed E-state index contributed by atoms with van der Waals surface area (Å²) in [6.07, 6.45) is 1.65. The van der Waals surface area contributed by atoms with Crippen molar-refractivity contribution in [3.05, 3.63) is 65.6 Å². The first kappa shape index (κ1) is 18.9. The van der Waals surface area contributed by atoms with Crippen molar-refractivity contribution in [2.45, 2.75) is 25.2 Å². The number of aryl methyl sites for hydroxylation is 1. The smallest absolute Gasteiger partial charge is 0.230 e. The Kier molecular flexibility index (Phi) is 6.43. The predicted octanol–water partition coefficient (Wildman–Crippen LogP) is 2.45. The number of carbonyl (C=O) groups excluding carboxylic acids is 1. The number of nitrogens with zero attached hydrogens (tertiary/aromatic N) is 4. The van der Waals surface area contributed by atoms with Crippen LogP contribution < -0.4 is 10.1 Å². The van der Waals surface area contributed by atoms with Crippen molar-refractivity contribution in [2.24, 2.45) is 0 Å². The van der Waals surface area contributed by atoms with Gasteiger partial charge in [0.25, 0.3) is 0 Å². The molecule has 0 atom stereocenters. The zero-order valence-corrected chi connectivity index (χ0v) is 16.1. The lowest BCUT2D eigenvalue weighted by molar-refractivity contribution is -0.118. The average Bonchev–Trinajstić information content (AvgIpc) is 3.05. The lowest BCUT2D eigenvalue weighted by Gasteiger charge is -2.10. The molecular weight excluding hydrogens is 362 g/mol. The van der Waals surface area contributed by atoms with Crippen LogP contribution in [0.25, 0.3) is 0 Å². The van der Waals surface area contributed by atoms with Crippen molar-refractivity contribution in [3.63, 3.8) is 0 Å². The van der Waals surface area contributed by atoms with Gasteiger partial charge in [-0.1, -0.05) is 48.2 Å². The third-order valence-corrected chi connectivity index (χ3v) is 4.90. The van der Waals surface area contributed by atoms with Crippen molar-refractivity contribution in [2.75, 3.05) is 12.9 Å². The Labute approximate surface area is 162 Å². The average molecular weight is 383 g/mol. The van der Waals surface area contributed by atoms with Gasteiger partial charge in [-0.05, 0) is 18.6 Å². The minimum atomic E-state index is -0.0854. The highest BCUT2D eigenvalue weighted by Gasteiger charge is 2.13. The van der Waals surface area contributed by atoms with Crippen LogP contribution in [0, 0.1) is 6.92 Å². The number of thioether (sulfide) groups is 1. The molecule has 8 heteroatoms. The van der Waals surface area contributed by atoms with E-state index >= 15 is 0 Å². The number of carbonyl (C=O) groups is 1. The summed E-state index contributed by atoms with van der Waals surface area (Å²) in [6, 6.07) is 13.8. The second kappa shape index (κ2) is 9.18. The number of pyridine rings is 1. The molecule has 1 N–H and O–H groups in total. The van der Waals surface area contributed by atoms with E-state index in [0.717, 1.165) is 22.1 Å². The Bertz CT molecular complexity index is 898. The van der Waals surface area contributed by atoms with E-state index in [2.05, 4.69) is 32.6 Å². The maximum Gasteiger partial charge on any atom is 0.230 e. The van der Waals surface area contributed by atoms with Crippen molar-refractivity contribution in [3.8, 4) is 5.88 Å². The van der Waals surface area contributed by atoms with Crippen LogP contribution >= 0.6 is 11.8 Å². The van der Waals surface area contributed by atoms with Crippen molar-refractivity contribution >= 4 is 17.7 Å². The van der Waals surface area contributed by atoms with E-state index in [9.17, 15) is 4.79 Å². The SMILES string of the molecule is COc1ncccc1CNC(=O)CSc1nnc(C)n1Cc1ccccc1. The molecule has 3 rings (SSSR count). The largest absolute Gasteiger partial charge is 0.481 e. The van der Waals surface area contributed by atoms with Crippen LogP contribution in [0.15, 0.2) is 53.8 Å². The summed E-state index contributed by atoms with van der Waals surface area (Å²) in [7, 11) is 1.56. The minimum Gasteiger partial charge on any atom is -0.481 e. The normalized spacial score (nSPS) is 10.6. The molecule has 0 saturated carbocycles. The highest BCUT2D eigenvalue weighted by molar-refractivity contribution is 7.99. The number of amides is 1. The zero-order chi connectivity index (χ0) is 19.1. The number of hydrogen-bond acceptors (Lipinski definition) is 6. The number of methoxy groups -OCH3 is 1. The summed E-state index contributed by atoms with van der Waals surface area (Å²) in [6.45, 7) is 2.96. The first-order valence-corrected chi connectivity index (χ1v) is 9.47. The molecule has 0 unspecified atom stereocenters. The highest BCUT2D eigenvalue weighted by Crippen LogP contribution is 2.18. The van der Waals surface area contributed by atoms with E-state index in [0.29, 0.717) is 19.0 Å². The number of benzene rings is 1. The van der Waals surface area contributed by atoms with E-state index in [1.807, 2.05) is 41.8 Å². The van der Waals surface area contributed by atoms with Crippen LogP contribution in [0.2, 0.25) is 0 Å². The van der Waals surface area contributed by atoms with Gasteiger partial charge in [0.2, 0.25) is 11.8 Å². The number of hydrogen-bond donors (Lipinski definition) is 1. The van der Waals surface area contributed by atoms with Crippen LogP contribution in [-0.4, -0.2) is 38.5 Å². The summed E-state index contributed by atoms with van der Waals surface area (Å²) in [4.78, 5) is 16.3. The van der Waals surface area contributed by atoms with Gasteiger partial charge in [-0.25, -0.2) is 4.98 Å². The molecule has 0 aliphatic rings. The molecule has 1 amide bonds. The number of nitrogens with one attached hydrogen (secondary N) is 1. The Balaban J connectivity index is 1.56. The van der Waals surface area contributed by atoms with Gasteiger partial charge >= 0.3 is 0 Å². The second-order valence-electron chi connectivity index (χ2n) is 5.84. The quantitative estimate of drug-likeness (QED) is 0.602. The molecule has 27 heavy (non-hydrogen) atoms. The van der Waals surface area contributed by atoms with E-state index in [1.54, 1.807) is 13.3 Å². The monoisotopic (exact) mass is 383 g/mol. The lowest BCUT2D eigenvalue weighted by atomic mass is 10.2. The number of ether oxygens (including phenoxy) is 1. The topological polar surface area (TPSA) is 81.9 Å². The Hall–Kier alpha value is -2.87. The Morgan fingerprint density at radius 3 is 2.78 bits per heavy atom. The van der Waals surface area contributed by atoms with Crippen molar-refractivity contribution < 1.29 is 9.53 Å².